The van der Waals surface area contributed by atoms with Crippen LogP contribution in [-0.4, -0.2) is 55.3 Å². The maximum absolute atomic E-state index is 10.0. The SMILES string of the molecule is CCn1c(-c2nonc2N)nc2c(C#CC(C)(C)O)ncc(OCC3CCCNC3)c21.Cl. The molecule has 32 heavy (non-hydrogen) atoms. The molecule has 4 N–H and O–H groups in total. The summed E-state index contributed by atoms with van der Waals surface area (Å²) in [5.74, 6) is 7.44. The van der Waals surface area contributed by atoms with E-state index in [0.29, 0.717) is 47.5 Å². The minimum Gasteiger partial charge on any atom is -0.489 e. The number of pyridine rings is 1. The molecule has 1 aliphatic heterocycles. The first kappa shape index (κ1) is 23.8. The summed E-state index contributed by atoms with van der Waals surface area (Å²) in [5, 5.41) is 21.0. The fourth-order valence-corrected chi connectivity index (χ4v) is 3.64. The molecule has 11 heteroatoms. The fraction of sp³-hybridized carbons (Fsp3) is 0.524. The monoisotopic (exact) mass is 461 g/mol. The van der Waals surface area contributed by atoms with Gasteiger partial charge in [-0.15, -0.1) is 12.4 Å². The normalized spacial score (nSPS) is 16.3. The highest BCUT2D eigenvalue weighted by molar-refractivity contribution is 5.89. The highest BCUT2D eigenvalue weighted by atomic mass is 35.5. The molecule has 4 rings (SSSR count). The number of fused-ring (bicyclic) bond motifs is 1. The second-order valence-corrected chi connectivity index (χ2v) is 8.18. The van der Waals surface area contributed by atoms with Gasteiger partial charge in [0.15, 0.2) is 23.1 Å². The van der Waals surface area contributed by atoms with Gasteiger partial charge in [-0.2, -0.15) is 0 Å². The van der Waals surface area contributed by atoms with E-state index in [-0.39, 0.29) is 18.2 Å². The van der Waals surface area contributed by atoms with Crippen LogP contribution < -0.4 is 15.8 Å². The van der Waals surface area contributed by atoms with Gasteiger partial charge in [0, 0.05) is 19.0 Å². The minimum atomic E-state index is -1.16. The number of rotatable bonds is 5. The van der Waals surface area contributed by atoms with E-state index in [2.05, 4.69) is 32.5 Å². The van der Waals surface area contributed by atoms with Gasteiger partial charge in [0.1, 0.15) is 22.3 Å². The molecule has 3 aromatic heterocycles. The quantitative estimate of drug-likeness (QED) is 0.487. The summed E-state index contributed by atoms with van der Waals surface area (Å²) in [4.78, 5) is 9.20. The molecule has 0 amide bonds. The Balaban J connectivity index is 0.00000289. The van der Waals surface area contributed by atoms with Crippen molar-refractivity contribution in [2.24, 2.45) is 5.92 Å². The lowest BCUT2D eigenvalue weighted by Gasteiger charge is -2.23. The predicted molar refractivity (Wildman–Crippen MR) is 122 cm³/mol. The molecule has 0 radical (unpaired) electrons. The number of nitrogens with two attached hydrogens (primary N) is 1. The molecule has 0 aromatic carbocycles. The van der Waals surface area contributed by atoms with Crippen molar-refractivity contribution in [2.75, 3.05) is 25.4 Å². The number of anilines is 1. The lowest BCUT2D eigenvalue weighted by molar-refractivity contribution is 0.143. The molecular formula is C21H28ClN7O3. The summed E-state index contributed by atoms with van der Waals surface area (Å²) in [5.41, 5.74) is 6.86. The van der Waals surface area contributed by atoms with Crippen molar-refractivity contribution >= 4 is 29.3 Å². The fourth-order valence-electron chi connectivity index (χ4n) is 3.64. The molecule has 0 saturated carbocycles. The Bertz CT molecular complexity index is 1130. The zero-order chi connectivity index (χ0) is 22.0. The van der Waals surface area contributed by atoms with Gasteiger partial charge in [0.25, 0.3) is 0 Å². The molecule has 1 saturated heterocycles. The first-order valence-electron chi connectivity index (χ1n) is 10.4. The van der Waals surface area contributed by atoms with Crippen molar-refractivity contribution in [3.63, 3.8) is 0 Å². The number of ether oxygens (including phenoxy) is 1. The maximum Gasteiger partial charge on any atom is 0.199 e. The van der Waals surface area contributed by atoms with Gasteiger partial charge < -0.3 is 25.5 Å². The number of piperidine rings is 1. The Morgan fingerprint density at radius 2 is 2.22 bits per heavy atom. The molecule has 1 aliphatic rings. The summed E-state index contributed by atoms with van der Waals surface area (Å²) < 4.78 is 12.9. The minimum absolute atomic E-state index is 0. The van der Waals surface area contributed by atoms with Crippen LogP contribution >= 0.6 is 12.4 Å². The maximum atomic E-state index is 10.0. The van der Waals surface area contributed by atoms with Crippen LogP contribution in [0.15, 0.2) is 10.8 Å². The summed E-state index contributed by atoms with van der Waals surface area (Å²) in [7, 11) is 0. The first-order chi connectivity index (χ1) is 14.9. The third kappa shape index (κ3) is 4.96. The Hall–Kier alpha value is -2.87. The molecule has 4 heterocycles. The van der Waals surface area contributed by atoms with Crippen LogP contribution in [-0.2, 0) is 6.54 Å². The third-order valence-electron chi connectivity index (χ3n) is 5.14. The number of aliphatic hydroxyl groups is 1. The van der Waals surface area contributed by atoms with E-state index in [1.165, 1.54) is 0 Å². The number of halogens is 1. The third-order valence-corrected chi connectivity index (χ3v) is 5.14. The van der Waals surface area contributed by atoms with Crippen LogP contribution in [0, 0.1) is 17.8 Å². The molecule has 1 fully saturated rings. The highest BCUT2D eigenvalue weighted by Crippen LogP contribution is 2.33. The smallest absolute Gasteiger partial charge is 0.199 e. The van der Waals surface area contributed by atoms with Crippen molar-refractivity contribution in [2.45, 2.75) is 45.8 Å². The van der Waals surface area contributed by atoms with Gasteiger partial charge in [-0.25, -0.2) is 14.6 Å². The van der Waals surface area contributed by atoms with E-state index in [1.54, 1.807) is 20.0 Å². The van der Waals surface area contributed by atoms with Crippen LogP contribution in [0.1, 0.15) is 39.3 Å². The summed E-state index contributed by atoms with van der Waals surface area (Å²) in [6.45, 7) is 8.38. The van der Waals surface area contributed by atoms with Crippen LogP contribution in [0.5, 0.6) is 5.75 Å². The van der Waals surface area contributed by atoms with E-state index < -0.39 is 5.60 Å². The Morgan fingerprint density at radius 1 is 1.41 bits per heavy atom. The van der Waals surface area contributed by atoms with E-state index >= 15 is 0 Å². The summed E-state index contributed by atoms with van der Waals surface area (Å²) in [6.07, 6.45) is 3.93. The Morgan fingerprint density at radius 3 is 2.84 bits per heavy atom. The number of nitrogens with one attached hydrogen (secondary N) is 1. The molecule has 172 valence electrons. The van der Waals surface area contributed by atoms with E-state index in [0.717, 1.165) is 31.4 Å². The van der Waals surface area contributed by atoms with Gasteiger partial charge in [0.05, 0.1) is 12.8 Å². The van der Waals surface area contributed by atoms with Crippen LogP contribution in [0.25, 0.3) is 22.6 Å². The van der Waals surface area contributed by atoms with Crippen molar-refractivity contribution in [3.05, 3.63) is 11.9 Å². The van der Waals surface area contributed by atoms with Crippen LogP contribution in [0.4, 0.5) is 5.82 Å². The number of nitrogens with zero attached hydrogens (tertiary/aromatic N) is 5. The van der Waals surface area contributed by atoms with Gasteiger partial charge in [-0.1, -0.05) is 5.92 Å². The standard InChI is InChI=1S/C21H27N7O3.ClH/c1-4-28-18-15(30-12-13-6-5-9-23-10-13)11-24-14(7-8-21(2,3)29)16(18)25-20(28)17-19(22)27-31-26-17;/h11,13,23,29H,4-6,9-10,12H2,1-3H3,(H2,22,27);1H. The van der Waals surface area contributed by atoms with Crippen molar-refractivity contribution in [1.29, 1.82) is 0 Å². The largest absolute Gasteiger partial charge is 0.489 e. The van der Waals surface area contributed by atoms with E-state index in [1.807, 2.05) is 11.5 Å². The Labute approximate surface area is 192 Å². The lowest BCUT2D eigenvalue weighted by atomic mass is 10.0. The molecule has 0 spiro atoms. The number of hydrogen-bond acceptors (Lipinski definition) is 9. The summed E-state index contributed by atoms with van der Waals surface area (Å²) in [6, 6.07) is 0. The number of imidazole rings is 1. The van der Waals surface area contributed by atoms with Crippen molar-refractivity contribution in [3.8, 4) is 29.1 Å². The van der Waals surface area contributed by atoms with Gasteiger partial charge in [-0.3, -0.25) is 0 Å². The van der Waals surface area contributed by atoms with Gasteiger partial charge >= 0.3 is 0 Å². The first-order valence-corrected chi connectivity index (χ1v) is 10.4. The topological polar surface area (TPSA) is 137 Å². The highest BCUT2D eigenvalue weighted by Gasteiger charge is 2.24. The average molecular weight is 462 g/mol. The number of hydrogen-bond donors (Lipinski definition) is 3. The van der Waals surface area contributed by atoms with Crippen molar-refractivity contribution in [1.82, 2.24) is 30.2 Å². The average Bonchev–Trinajstić information content (AvgIpc) is 3.34. The van der Waals surface area contributed by atoms with Gasteiger partial charge in [-0.05, 0) is 56.4 Å². The molecule has 0 aliphatic carbocycles. The molecular weight excluding hydrogens is 434 g/mol. The number of aryl methyl sites for hydroxylation is 1. The zero-order valence-corrected chi connectivity index (χ0v) is 19.2. The number of aromatic nitrogens is 5. The lowest BCUT2D eigenvalue weighted by Crippen LogP contribution is -2.33. The second kappa shape index (κ2) is 9.73. The summed E-state index contributed by atoms with van der Waals surface area (Å²) >= 11 is 0. The predicted octanol–water partition coefficient (Wildman–Crippen LogP) is 2.01. The zero-order valence-electron chi connectivity index (χ0n) is 18.4. The molecule has 1 unspecified atom stereocenters. The molecule has 10 nitrogen and oxygen atoms in total. The number of nitrogen functional groups attached to an aromatic ring is 1. The molecule has 0 bridgehead atoms. The van der Waals surface area contributed by atoms with E-state index in [9.17, 15) is 5.11 Å². The molecule has 3 aromatic rings. The Kier molecular flexibility index (Phi) is 7.23. The van der Waals surface area contributed by atoms with Crippen LogP contribution in [0.2, 0.25) is 0 Å². The molecule has 1 atom stereocenters. The van der Waals surface area contributed by atoms with Crippen molar-refractivity contribution < 1.29 is 14.5 Å². The second-order valence-electron chi connectivity index (χ2n) is 8.18. The van der Waals surface area contributed by atoms with E-state index in [4.69, 9.17) is 20.1 Å². The van der Waals surface area contributed by atoms with Crippen LogP contribution in [0.3, 0.4) is 0 Å². The van der Waals surface area contributed by atoms with Gasteiger partial charge in [0.2, 0.25) is 0 Å².